The van der Waals surface area contributed by atoms with Crippen LogP contribution in [0.4, 0.5) is 0 Å². The SMILES string of the molecule is CC/C=C(C)/C(C)=C/C=C(\C)NC=O. The average Bonchev–Trinajstić information content (AvgIpc) is 2.15. The Bertz CT molecular complexity index is 272. The van der Waals surface area contributed by atoms with Gasteiger partial charge in [0.25, 0.3) is 0 Å². The maximum Gasteiger partial charge on any atom is 0.211 e. The summed E-state index contributed by atoms with van der Waals surface area (Å²) in [5, 5.41) is 2.59. The Balaban J connectivity index is 4.44. The second-order valence-electron chi connectivity index (χ2n) is 3.26. The fourth-order valence-corrected chi connectivity index (χ4v) is 0.990. The number of carbonyl (C=O) groups is 1. The van der Waals surface area contributed by atoms with Crippen molar-refractivity contribution in [3.05, 3.63) is 35.1 Å². The fraction of sp³-hybridized carbons (Fsp3) is 0.417. The predicted molar refractivity (Wildman–Crippen MR) is 60.8 cm³/mol. The average molecular weight is 193 g/mol. The Kier molecular flexibility index (Phi) is 6.46. The summed E-state index contributed by atoms with van der Waals surface area (Å²) in [4.78, 5) is 10.1. The molecule has 0 aliphatic rings. The first-order valence-corrected chi connectivity index (χ1v) is 4.84. The van der Waals surface area contributed by atoms with E-state index in [-0.39, 0.29) is 0 Å². The number of carbonyl (C=O) groups excluding carboxylic acids is 1. The van der Waals surface area contributed by atoms with Gasteiger partial charge in [-0.1, -0.05) is 24.6 Å². The lowest BCUT2D eigenvalue weighted by Crippen LogP contribution is -2.06. The van der Waals surface area contributed by atoms with E-state index in [1.807, 2.05) is 19.1 Å². The van der Waals surface area contributed by atoms with Gasteiger partial charge in [0.2, 0.25) is 6.41 Å². The van der Waals surface area contributed by atoms with Crippen molar-refractivity contribution in [3.63, 3.8) is 0 Å². The van der Waals surface area contributed by atoms with E-state index >= 15 is 0 Å². The van der Waals surface area contributed by atoms with E-state index in [0.717, 1.165) is 12.1 Å². The molecule has 0 unspecified atom stereocenters. The molecule has 0 spiro atoms. The molecule has 1 amide bonds. The normalized spacial score (nSPS) is 14.1. The van der Waals surface area contributed by atoms with E-state index in [1.54, 1.807) is 0 Å². The van der Waals surface area contributed by atoms with Crippen LogP contribution in [0.25, 0.3) is 0 Å². The second-order valence-corrected chi connectivity index (χ2v) is 3.26. The van der Waals surface area contributed by atoms with Crippen LogP contribution in [-0.4, -0.2) is 6.41 Å². The van der Waals surface area contributed by atoms with Crippen molar-refractivity contribution in [2.24, 2.45) is 0 Å². The zero-order valence-corrected chi connectivity index (χ0v) is 9.42. The lowest BCUT2D eigenvalue weighted by Gasteiger charge is -2.00. The van der Waals surface area contributed by atoms with E-state index in [1.165, 1.54) is 11.1 Å². The summed E-state index contributed by atoms with van der Waals surface area (Å²) in [5.74, 6) is 0. The van der Waals surface area contributed by atoms with Gasteiger partial charge in [0.15, 0.2) is 0 Å². The number of amides is 1. The van der Waals surface area contributed by atoms with Crippen molar-refractivity contribution < 1.29 is 4.79 Å². The van der Waals surface area contributed by atoms with Gasteiger partial charge in [-0.05, 0) is 38.8 Å². The highest BCUT2D eigenvalue weighted by molar-refractivity contribution is 5.50. The lowest BCUT2D eigenvalue weighted by atomic mass is 10.1. The summed E-state index contributed by atoms with van der Waals surface area (Å²) in [6.07, 6.45) is 7.82. The molecule has 0 fully saturated rings. The van der Waals surface area contributed by atoms with Crippen molar-refractivity contribution in [3.8, 4) is 0 Å². The molecule has 14 heavy (non-hydrogen) atoms. The van der Waals surface area contributed by atoms with Gasteiger partial charge in [-0.2, -0.15) is 0 Å². The molecule has 0 aliphatic heterocycles. The first kappa shape index (κ1) is 12.7. The van der Waals surface area contributed by atoms with Crippen molar-refractivity contribution in [2.75, 3.05) is 0 Å². The Morgan fingerprint density at radius 2 is 1.79 bits per heavy atom. The van der Waals surface area contributed by atoms with Gasteiger partial charge >= 0.3 is 0 Å². The van der Waals surface area contributed by atoms with Crippen LogP contribution in [0.5, 0.6) is 0 Å². The number of hydrogen-bond donors (Lipinski definition) is 1. The summed E-state index contributed by atoms with van der Waals surface area (Å²) < 4.78 is 0. The minimum Gasteiger partial charge on any atom is -0.333 e. The van der Waals surface area contributed by atoms with Gasteiger partial charge in [-0.3, -0.25) is 4.79 Å². The van der Waals surface area contributed by atoms with Crippen molar-refractivity contribution >= 4 is 6.41 Å². The van der Waals surface area contributed by atoms with E-state index in [0.29, 0.717) is 6.41 Å². The first-order chi connectivity index (χ1) is 6.61. The number of allylic oxidation sites excluding steroid dienone is 6. The highest BCUT2D eigenvalue weighted by Crippen LogP contribution is 2.09. The van der Waals surface area contributed by atoms with Crippen LogP contribution >= 0.6 is 0 Å². The maximum absolute atomic E-state index is 10.1. The molecule has 2 heteroatoms. The molecule has 2 nitrogen and oxygen atoms in total. The van der Waals surface area contributed by atoms with E-state index in [9.17, 15) is 4.79 Å². The standard InChI is InChI=1S/C12H19NO/c1-5-6-10(2)11(3)7-8-12(4)13-9-14/h6-9H,5H2,1-4H3,(H,13,14)/b10-6+,11-7+,12-8+. The molecule has 0 saturated heterocycles. The molecule has 0 atom stereocenters. The minimum absolute atomic E-state index is 0.684. The predicted octanol–water partition coefficient (Wildman–Crippen LogP) is 2.94. The number of hydrogen-bond acceptors (Lipinski definition) is 1. The Morgan fingerprint density at radius 1 is 1.14 bits per heavy atom. The van der Waals surface area contributed by atoms with Crippen LogP contribution in [0, 0.1) is 0 Å². The largest absolute Gasteiger partial charge is 0.333 e. The third-order valence-corrected chi connectivity index (χ3v) is 2.00. The van der Waals surface area contributed by atoms with E-state index in [4.69, 9.17) is 0 Å². The number of rotatable bonds is 5. The summed E-state index contributed by atoms with van der Waals surface area (Å²) in [6, 6.07) is 0. The molecule has 0 bridgehead atoms. The van der Waals surface area contributed by atoms with Crippen molar-refractivity contribution in [1.82, 2.24) is 5.32 Å². The van der Waals surface area contributed by atoms with Crippen LogP contribution in [0.1, 0.15) is 34.1 Å². The first-order valence-electron chi connectivity index (χ1n) is 4.84. The molecule has 0 aliphatic carbocycles. The summed E-state index contributed by atoms with van der Waals surface area (Å²) >= 11 is 0. The smallest absolute Gasteiger partial charge is 0.211 e. The molecular formula is C12H19NO. The molecule has 0 heterocycles. The Morgan fingerprint density at radius 3 is 2.29 bits per heavy atom. The Hall–Kier alpha value is -1.31. The van der Waals surface area contributed by atoms with Crippen molar-refractivity contribution in [1.29, 1.82) is 0 Å². The Labute approximate surface area is 86.4 Å². The fourth-order valence-electron chi connectivity index (χ4n) is 0.990. The monoisotopic (exact) mass is 193 g/mol. The highest BCUT2D eigenvalue weighted by atomic mass is 16.1. The van der Waals surface area contributed by atoms with Crippen LogP contribution in [0.2, 0.25) is 0 Å². The van der Waals surface area contributed by atoms with Crippen LogP contribution in [-0.2, 0) is 4.79 Å². The van der Waals surface area contributed by atoms with Crippen LogP contribution in [0.15, 0.2) is 35.1 Å². The van der Waals surface area contributed by atoms with Gasteiger partial charge in [-0.25, -0.2) is 0 Å². The molecule has 0 rings (SSSR count). The van der Waals surface area contributed by atoms with Crippen LogP contribution < -0.4 is 5.32 Å². The zero-order chi connectivity index (χ0) is 11.0. The van der Waals surface area contributed by atoms with Gasteiger partial charge in [-0.15, -0.1) is 0 Å². The molecule has 0 radical (unpaired) electrons. The topological polar surface area (TPSA) is 29.1 Å². The third kappa shape index (κ3) is 5.36. The van der Waals surface area contributed by atoms with Crippen molar-refractivity contribution in [2.45, 2.75) is 34.1 Å². The second kappa shape index (κ2) is 7.13. The minimum atomic E-state index is 0.684. The van der Waals surface area contributed by atoms with E-state index in [2.05, 4.69) is 32.2 Å². The summed E-state index contributed by atoms with van der Waals surface area (Å²) in [5.41, 5.74) is 3.35. The van der Waals surface area contributed by atoms with E-state index < -0.39 is 0 Å². The number of nitrogens with one attached hydrogen (secondary N) is 1. The zero-order valence-electron chi connectivity index (χ0n) is 9.42. The highest BCUT2D eigenvalue weighted by Gasteiger charge is 1.90. The molecule has 0 aromatic heterocycles. The molecule has 0 aromatic carbocycles. The van der Waals surface area contributed by atoms with Gasteiger partial charge in [0.1, 0.15) is 0 Å². The summed E-state index contributed by atoms with van der Waals surface area (Å²) in [6.45, 7) is 8.13. The third-order valence-electron chi connectivity index (χ3n) is 2.00. The molecular weight excluding hydrogens is 174 g/mol. The molecule has 1 N–H and O–H groups in total. The van der Waals surface area contributed by atoms with Gasteiger partial charge in [0, 0.05) is 5.70 Å². The lowest BCUT2D eigenvalue weighted by molar-refractivity contribution is -0.108. The van der Waals surface area contributed by atoms with Crippen LogP contribution in [0.3, 0.4) is 0 Å². The quantitative estimate of drug-likeness (QED) is 0.528. The molecule has 78 valence electrons. The van der Waals surface area contributed by atoms with Gasteiger partial charge < -0.3 is 5.32 Å². The molecule has 0 aromatic rings. The summed E-state index contributed by atoms with van der Waals surface area (Å²) in [7, 11) is 0. The maximum atomic E-state index is 10.1. The van der Waals surface area contributed by atoms with Gasteiger partial charge in [0.05, 0.1) is 0 Å². The molecule has 0 saturated carbocycles.